The first kappa shape index (κ1) is 11.4. The number of hydrogen-bond acceptors (Lipinski definition) is 2. The predicted octanol–water partition coefficient (Wildman–Crippen LogP) is 2.38. The van der Waals surface area contributed by atoms with Crippen LogP contribution in [-0.4, -0.2) is 29.6 Å². The molecule has 1 aliphatic heterocycles. The molecule has 0 bridgehead atoms. The van der Waals surface area contributed by atoms with Gasteiger partial charge in [0.2, 0.25) is 0 Å². The Balaban J connectivity index is 2.18. The third kappa shape index (κ3) is 1.62. The lowest BCUT2D eigenvalue weighted by molar-refractivity contribution is 0.0349. The normalized spacial score (nSPS) is 34.0. The molecular weight excluding hydrogens is 184 g/mol. The fourth-order valence-corrected chi connectivity index (χ4v) is 3.35. The lowest BCUT2D eigenvalue weighted by Gasteiger charge is -2.46. The molecule has 2 aliphatic rings. The second-order valence-corrected chi connectivity index (χ2v) is 5.94. The smallest absolute Gasteiger partial charge is 0.0359 e. The minimum Gasteiger partial charge on any atom is -0.329 e. The molecular formula is C13H26N2. The van der Waals surface area contributed by atoms with Gasteiger partial charge in [0, 0.05) is 18.1 Å². The third-order valence-electron chi connectivity index (χ3n) is 5.18. The van der Waals surface area contributed by atoms with Crippen molar-refractivity contribution >= 4 is 0 Å². The summed E-state index contributed by atoms with van der Waals surface area (Å²) in [5.41, 5.74) is 6.84. The Labute approximate surface area is 94.2 Å². The molecule has 0 spiro atoms. The minimum absolute atomic E-state index is 0.254. The highest BCUT2D eigenvalue weighted by Gasteiger charge is 2.56. The summed E-state index contributed by atoms with van der Waals surface area (Å²) >= 11 is 0. The summed E-state index contributed by atoms with van der Waals surface area (Å²) in [7, 11) is 0. The molecule has 0 radical (unpaired) electrons. The van der Waals surface area contributed by atoms with Crippen LogP contribution < -0.4 is 5.73 Å². The number of nitrogens with zero attached hydrogens (tertiary/aromatic N) is 1. The molecule has 0 aromatic carbocycles. The molecule has 0 aromatic heterocycles. The van der Waals surface area contributed by atoms with Gasteiger partial charge < -0.3 is 5.73 Å². The van der Waals surface area contributed by atoms with Crippen LogP contribution in [0.4, 0.5) is 0 Å². The van der Waals surface area contributed by atoms with Crippen LogP contribution in [0.15, 0.2) is 0 Å². The standard InChI is InChI=1S/C13H26N2/c1-4-11-6-5-9-15(11)13(3,10-14)12(2)7-8-12/h11H,4-10,14H2,1-3H3. The summed E-state index contributed by atoms with van der Waals surface area (Å²) in [4.78, 5) is 2.72. The van der Waals surface area contributed by atoms with Crippen molar-refractivity contribution in [3.8, 4) is 0 Å². The largest absolute Gasteiger partial charge is 0.329 e. The van der Waals surface area contributed by atoms with Gasteiger partial charge in [-0.3, -0.25) is 4.90 Å². The predicted molar refractivity (Wildman–Crippen MR) is 64.8 cm³/mol. The summed E-state index contributed by atoms with van der Waals surface area (Å²) in [6, 6.07) is 0.788. The van der Waals surface area contributed by atoms with Crippen LogP contribution in [0.3, 0.4) is 0 Å². The molecule has 2 nitrogen and oxygen atoms in total. The van der Waals surface area contributed by atoms with E-state index in [-0.39, 0.29) is 5.54 Å². The molecule has 2 N–H and O–H groups in total. The van der Waals surface area contributed by atoms with E-state index in [1.165, 1.54) is 38.6 Å². The van der Waals surface area contributed by atoms with Gasteiger partial charge in [-0.25, -0.2) is 0 Å². The monoisotopic (exact) mass is 210 g/mol. The SMILES string of the molecule is CCC1CCCN1C(C)(CN)C1(C)CC1. The quantitative estimate of drug-likeness (QED) is 0.772. The number of hydrogen-bond donors (Lipinski definition) is 1. The van der Waals surface area contributed by atoms with E-state index in [2.05, 4.69) is 25.7 Å². The molecule has 2 atom stereocenters. The maximum Gasteiger partial charge on any atom is 0.0359 e. The van der Waals surface area contributed by atoms with Crippen molar-refractivity contribution in [3.63, 3.8) is 0 Å². The van der Waals surface area contributed by atoms with Crippen LogP contribution in [0.5, 0.6) is 0 Å². The highest BCUT2D eigenvalue weighted by molar-refractivity contribution is 5.11. The molecule has 0 amide bonds. The Morgan fingerprint density at radius 1 is 1.47 bits per heavy atom. The van der Waals surface area contributed by atoms with Crippen molar-refractivity contribution < 1.29 is 0 Å². The van der Waals surface area contributed by atoms with Crippen LogP contribution in [0.2, 0.25) is 0 Å². The van der Waals surface area contributed by atoms with E-state index in [0.29, 0.717) is 5.41 Å². The Morgan fingerprint density at radius 3 is 2.60 bits per heavy atom. The van der Waals surface area contributed by atoms with Gasteiger partial charge in [-0.1, -0.05) is 13.8 Å². The number of likely N-dealkylation sites (tertiary alicyclic amines) is 1. The Hall–Kier alpha value is -0.0800. The van der Waals surface area contributed by atoms with Crippen LogP contribution >= 0.6 is 0 Å². The van der Waals surface area contributed by atoms with E-state index in [1.807, 2.05) is 0 Å². The van der Waals surface area contributed by atoms with E-state index in [4.69, 9.17) is 5.73 Å². The lowest BCUT2D eigenvalue weighted by atomic mass is 9.81. The Bertz CT molecular complexity index is 235. The average molecular weight is 210 g/mol. The summed E-state index contributed by atoms with van der Waals surface area (Å²) < 4.78 is 0. The van der Waals surface area contributed by atoms with Gasteiger partial charge in [0.1, 0.15) is 0 Å². The first-order valence-corrected chi connectivity index (χ1v) is 6.54. The van der Waals surface area contributed by atoms with Gasteiger partial charge in [0.15, 0.2) is 0 Å². The third-order valence-corrected chi connectivity index (χ3v) is 5.18. The van der Waals surface area contributed by atoms with Crippen LogP contribution in [0, 0.1) is 5.41 Å². The zero-order chi connectivity index (χ0) is 11.1. The van der Waals surface area contributed by atoms with Crippen molar-refractivity contribution in [2.45, 2.75) is 64.5 Å². The summed E-state index contributed by atoms with van der Waals surface area (Å²) in [5.74, 6) is 0. The molecule has 0 aromatic rings. The van der Waals surface area contributed by atoms with Gasteiger partial charge in [-0.2, -0.15) is 0 Å². The number of rotatable bonds is 4. The van der Waals surface area contributed by atoms with Crippen molar-refractivity contribution in [3.05, 3.63) is 0 Å². The fourth-order valence-electron chi connectivity index (χ4n) is 3.35. The van der Waals surface area contributed by atoms with Crippen molar-refractivity contribution in [2.24, 2.45) is 11.1 Å². The van der Waals surface area contributed by atoms with Crippen molar-refractivity contribution in [1.29, 1.82) is 0 Å². The molecule has 1 aliphatic carbocycles. The Morgan fingerprint density at radius 2 is 2.13 bits per heavy atom. The first-order valence-electron chi connectivity index (χ1n) is 6.54. The maximum absolute atomic E-state index is 6.09. The molecule has 1 saturated heterocycles. The Kier molecular flexibility index (Phi) is 2.85. The summed E-state index contributed by atoms with van der Waals surface area (Å²) in [6.07, 6.45) is 6.76. The molecule has 15 heavy (non-hydrogen) atoms. The molecule has 88 valence electrons. The van der Waals surface area contributed by atoms with E-state index < -0.39 is 0 Å². The van der Waals surface area contributed by atoms with E-state index in [0.717, 1.165) is 12.6 Å². The maximum atomic E-state index is 6.09. The molecule has 2 unspecified atom stereocenters. The molecule has 2 rings (SSSR count). The van der Waals surface area contributed by atoms with Gasteiger partial charge in [0.05, 0.1) is 0 Å². The fraction of sp³-hybridized carbons (Fsp3) is 1.00. The molecule has 2 fully saturated rings. The van der Waals surface area contributed by atoms with Crippen LogP contribution in [0.1, 0.15) is 52.9 Å². The van der Waals surface area contributed by atoms with Crippen LogP contribution in [0.25, 0.3) is 0 Å². The molecule has 1 heterocycles. The molecule has 1 saturated carbocycles. The lowest BCUT2D eigenvalue weighted by Crippen LogP contribution is -2.58. The highest BCUT2D eigenvalue weighted by Crippen LogP contribution is 2.56. The van der Waals surface area contributed by atoms with E-state index in [9.17, 15) is 0 Å². The second-order valence-electron chi connectivity index (χ2n) is 5.94. The van der Waals surface area contributed by atoms with Gasteiger partial charge in [0.25, 0.3) is 0 Å². The van der Waals surface area contributed by atoms with Crippen molar-refractivity contribution in [1.82, 2.24) is 4.90 Å². The topological polar surface area (TPSA) is 29.3 Å². The summed E-state index contributed by atoms with van der Waals surface area (Å²) in [5, 5.41) is 0. The summed E-state index contributed by atoms with van der Waals surface area (Å²) in [6.45, 7) is 9.22. The average Bonchev–Trinajstić information content (AvgIpc) is 2.85. The van der Waals surface area contributed by atoms with Gasteiger partial charge in [-0.15, -0.1) is 0 Å². The molecule has 2 heteroatoms. The highest BCUT2D eigenvalue weighted by atomic mass is 15.3. The minimum atomic E-state index is 0.254. The number of nitrogens with two attached hydrogens (primary N) is 1. The van der Waals surface area contributed by atoms with Crippen LogP contribution in [-0.2, 0) is 0 Å². The second kappa shape index (κ2) is 3.74. The first-order chi connectivity index (χ1) is 7.07. The van der Waals surface area contributed by atoms with E-state index >= 15 is 0 Å². The zero-order valence-corrected chi connectivity index (χ0v) is 10.6. The van der Waals surface area contributed by atoms with E-state index in [1.54, 1.807) is 0 Å². The van der Waals surface area contributed by atoms with Gasteiger partial charge >= 0.3 is 0 Å². The zero-order valence-electron chi connectivity index (χ0n) is 10.6. The van der Waals surface area contributed by atoms with Gasteiger partial charge in [-0.05, 0) is 51.0 Å². The van der Waals surface area contributed by atoms with Crippen molar-refractivity contribution in [2.75, 3.05) is 13.1 Å².